The molecule has 2 rings (SSSR count). The summed E-state index contributed by atoms with van der Waals surface area (Å²) in [7, 11) is 6.94. The maximum Gasteiger partial charge on any atom is 0.201 e. The summed E-state index contributed by atoms with van der Waals surface area (Å²) in [4.78, 5) is 13.4. The lowest BCUT2D eigenvalue weighted by molar-refractivity contribution is -0.110. The van der Waals surface area contributed by atoms with Gasteiger partial charge in [0.15, 0.2) is 23.6 Å². The van der Waals surface area contributed by atoms with E-state index in [1.165, 1.54) is 35.5 Å². The van der Waals surface area contributed by atoms with Crippen molar-refractivity contribution in [2.75, 3.05) is 35.5 Å². The SMILES string of the molecule is COc1ccc(C(C(=O)c2c(O)cc(OC)c(O)c2OC)C(OC)OC)cc1. The second-order valence-corrected chi connectivity index (χ2v) is 5.81. The predicted octanol–water partition coefficient (Wildman–Crippen LogP) is 2.71. The van der Waals surface area contributed by atoms with E-state index >= 15 is 0 Å². The molecule has 2 aromatic carbocycles. The minimum atomic E-state index is -0.950. The van der Waals surface area contributed by atoms with Crippen LogP contribution in [0.3, 0.4) is 0 Å². The molecule has 0 aliphatic heterocycles. The number of carbonyl (C=O) groups excluding carboxylic acids is 1. The summed E-state index contributed by atoms with van der Waals surface area (Å²) < 4.78 is 26.0. The molecule has 0 bridgehead atoms. The molecule has 8 nitrogen and oxygen atoms in total. The molecule has 152 valence electrons. The lowest BCUT2D eigenvalue weighted by Gasteiger charge is -2.25. The van der Waals surface area contributed by atoms with E-state index in [1.54, 1.807) is 24.3 Å². The van der Waals surface area contributed by atoms with Crippen molar-refractivity contribution in [2.45, 2.75) is 12.2 Å². The Morgan fingerprint density at radius 2 is 1.50 bits per heavy atom. The van der Waals surface area contributed by atoms with Crippen LogP contribution in [0.5, 0.6) is 28.7 Å². The summed E-state index contributed by atoms with van der Waals surface area (Å²) in [6.45, 7) is 0. The van der Waals surface area contributed by atoms with Gasteiger partial charge in [-0.2, -0.15) is 0 Å². The lowest BCUT2D eigenvalue weighted by Crippen LogP contribution is -2.30. The summed E-state index contributed by atoms with van der Waals surface area (Å²) >= 11 is 0. The normalized spacial score (nSPS) is 11.9. The molecule has 0 heterocycles. The van der Waals surface area contributed by atoms with Crippen LogP contribution in [0.2, 0.25) is 0 Å². The molecule has 0 saturated carbocycles. The van der Waals surface area contributed by atoms with Crippen LogP contribution in [0.1, 0.15) is 21.8 Å². The number of Topliss-reactive ketones (excluding diaryl/α,β-unsaturated/α-hetero) is 1. The number of hydrogen-bond donors (Lipinski definition) is 2. The molecule has 0 aliphatic rings. The smallest absolute Gasteiger partial charge is 0.201 e. The number of phenols is 2. The Kier molecular flexibility index (Phi) is 7.08. The molecular formula is C20H24O8. The molecule has 1 unspecified atom stereocenters. The lowest BCUT2D eigenvalue weighted by atomic mass is 9.88. The molecule has 2 aromatic rings. The Hall–Kier alpha value is -2.97. The number of rotatable bonds is 9. The van der Waals surface area contributed by atoms with Gasteiger partial charge in [0.05, 0.1) is 27.2 Å². The van der Waals surface area contributed by atoms with Crippen molar-refractivity contribution in [3.63, 3.8) is 0 Å². The Morgan fingerprint density at radius 3 is 1.96 bits per heavy atom. The first-order chi connectivity index (χ1) is 13.4. The Bertz CT molecular complexity index is 812. The van der Waals surface area contributed by atoms with E-state index in [4.69, 9.17) is 23.7 Å². The summed E-state index contributed by atoms with van der Waals surface area (Å²) in [6.07, 6.45) is -0.950. The van der Waals surface area contributed by atoms with Gasteiger partial charge in [-0.1, -0.05) is 12.1 Å². The van der Waals surface area contributed by atoms with Gasteiger partial charge < -0.3 is 33.9 Å². The molecular weight excluding hydrogens is 368 g/mol. The van der Waals surface area contributed by atoms with Gasteiger partial charge in [-0.15, -0.1) is 0 Å². The Balaban J connectivity index is 2.64. The summed E-state index contributed by atoms with van der Waals surface area (Å²) in [6, 6.07) is 7.92. The van der Waals surface area contributed by atoms with E-state index in [9.17, 15) is 15.0 Å². The quantitative estimate of drug-likeness (QED) is 0.381. The highest BCUT2D eigenvalue weighted by Gasteiger charge is 2.36. The van der Waals surface area contributed by atoms with Gasteiger partial charge >= 0.3 is 0 Å². The summed E-state index contributed by atoms with van der Waals surface area (Å²) in [5, 5.41) is 20.8. The maximum absolute atomic E-state index is 13.4. The standard InChI is InChI=1S/C20H24O8/c1-24-12-8-6-11(7-9-12)15(20(27-4)28-5)18(23)16-13(21)10-14(25-2)17(22)19(16)26-3/h6-10,15,20-22H,1-5H3. The largest absolute Gasteiger partial charge is 0.507 e. The third kappa shape index (κ3) is 3.97. The van der Waals surface area contributed by atoms with Gasteiger partial charge in [0.2, 0.25) is 5.75 Å². The number of phenolic OH excluding ortho intramolecular Hbond substituents is 2. The van der Waals surface area contributed by atoms with Gasteiger partial charge in [-0.25, -0.2) is 0 Å². The second kappa shape index (κ2) is 9.29. The van der Waals surface area contributed by atoms with Gasteiger partial charge in [-0.3, -0.25) is 4.79 Å². The Labute approximate surface area is 163 Å². The number of carbonyl (C=O) groups is 1. The molecule has 0 spiro atoms. The molecule has 0 amide bonds. The molecule has 0 fully saturated rings. The van der Waals surface area contributed by atoms with Crippen molar-refractivity contribution >= 4 is 5.78 Å². The number of ketones is 1. The molecule has 0 aliphatic carbocycles. The van der Waals surface area contributed by atoms with Gasteiger partial charge in [-0.05, 0) is 17.7 Å². The number of benzene rings is 2. The van der Waals surface area contributed by atoms with Crippen LogP contribution in [0.15, 0.2) is 30.3 Å². The highest BCUT2D eigenvalue weighted by Crippen LogP contribution is 2.46. The van der Waals surface area contributed by atoms with E-state index < -0.39 is 29.5 Å². The first-order valence-corrected chi connectivity index (χ1v) is 8.34. The average molecular weight is 392 g/mol. The monoisotopic (exact) mass is 392 g/mol. The molecule has 2 N–H and O–H groups in total. The van der Waals surface area contributed by atoms with Crippen molar-refractivity contribution in [1.29, 1.82) is 0 Å². The van der Waals surface area contributed by atoms with Crippen LogP contribution < -0.4 is 14.2 Å². The van der Waals surface area contributed by atoms with Crippen LogP contribution in [-0.4, -0.2) is 57.8 Å². The third-order valence-corrected chi connectivity index (χ3v) is 4.36. The van der Waals surface area contributed by atoms with Crippen LogP contribution in [-0.2, 0) is 9.47 Å². The van der Waals surface area contributed by atoms with E-state index in [0.29, 0.717) is 11.3 Å². The van der Waals surface area contributed by atoms with Crippen molar-refractivity contribution < 1.29 is 38.7 Å². The van der Waals surface area contributed by atoms with Crippen LogP contribution in [0.25, 0.3) is 0 Å². The summed E-state index contributed by atoms with van der Waals surface area (Å²) in [5.74, 6) is -1.93. The van der Waals surface area contributed by atoms with Gasteiger partial charge in [0, 0.05) is 20.3 Å². The number of ether oxygens (including phenoxy) is 5. The predicted molar refractivity (Wildman–Crippen MR) is 101 cm³/mol. The van der Waals surface area contributed by atoms with Crippen LogP contribution in [0, 0.1) is 0 Å². The fourth-order valence-corrected chi connectivity index (χ4v) is 2.97. The summed E-state index contributed by atoms with van der Waals surface area (Å²) in [5.41, 5.74) is 0.358. The zero-order chi connectivity index (χ0) is 20.8. The second-order valence-electron chi connectivity index (χ2n) is 5.81. The highest BCUT2D eigenvalue weighted by atomic mass is 16.7. The minimum absolute atomic E-state index is 0.0260. The van der Waals surface area contributed by atoms with Crippen molar-refractivity contribution in [3.8, 4) is 28.7 Å². The Morgan fingerprint density at radius 1 is 0.893 bits per heavy atom. The van der Waals surface area contributed by atoms with E-state index in [1.807, 2.05) is 0 Å². The first-order valence-electron chi connectivity index (χ1n) is 8.34. The fourth-order valence-electron chi connectivity index (χ4n) is 2.97. The highest BCUT2D eigenvalue weighted by molar-refractivity contribution is 6.06. The molecule has 8 heteroatoms. The van der Waals surface area contributed by atoms with Crippen LogP contribution >= 0.6 is 0 Å². The zero-order valence-electron chi connectivity index (χ0n) is 16.4. The average Bonchev–Trinajstić information content (AvgIpc) is 2.72. The van der Waals surface area contributed by atoms with E-state index in [-0.39, 0.29) is 17.1 Å². The maximum atomic E-state index is 13.4. The molecule has 0 saturated heterocycles. The fraction of sp³-hybridized carbons (Fsp3) is 0.350. The topological polar surface area (TPSA) is 104 Å². The molecule has 0 aromatic heterocycles. The zero-order valence-corrected chi connectivity index (χ0v) is 16.4. The van der Waals surface area contributed by atoms with Gasteiger partial charge in [0.1, 0.15) is 17.1 Å². The minimum Gasteiger partial charge on any atom is -0.507 e. The van der Waals surface area contributed by atoms with Crippen LogP contribution in [0.4, 0.5) is 0 Å². The number of methoxy groups -OCH3 is 5. The molecule has 0 radical (unpaired) electrons. The van der Waals surface area contributed by atoms with E-state index in [0.717, 1.165) is 6.07 Å². The van der Waals surface area contributed by atoms with Crippen molar-refractivity contribution in [2.24, 2.45) is 0 Å². The molecule has 1 atom stereocenters. The molecule has 28 heavy (non-hydrogen) atoms. The number of hydrogen-bond acceptors (Lipinski definition) is 8. The van der Waals surface area contributed by atoms with Gasteiger partial charge in [0.25, 0.3) is 0 Å². The van der Waals surface area contributed by atoms with Crippen molar-refractivity contribution in [3.05, 3.63) is 41.5 Å². The van der Waals surface area contributed by atoms with E-state index in [2.05, 4.69) is 0 Å². The van der Waals surface area contributed by atoms with Crippen molar-refractivity contribution in [1.82, 2.24) is 0 Å². The first kappa shape index (κ1) is 21.3. The number of aromatic hydroxyl groups is 2. The third-order valence-electron chi connectivity index (χ3n) is 4.36.